The van der Waals surface area contributed by atoms with Gasteiger partial charge >= 0.3 is 0 Å². The fourth-order valence-corrected chi connectivity index (χ4v) is 4.78. The summed E-state index contributed by atoms with van der Waals surface area (Å²) in [6.45, 7) is 8.97. The van der Waals surface area contributed by atoms with Crippen LogP contribution in [0.15, 0.2) is 58.5 Å². The summed E-state index contributed by atoms with van der Waals surface area (Å²) in [5.41, 5.74) is 10.0. The lowest BCUT2D eigenvalue weighted by atomic mass is 9.74. The van der Waals surface area contributed by atoms with Gasteiger partial charge in [-0.3, -0.25) is 4.79 Å². The number of likely N-dealkylation sites (tertiary alicyclic amines) is 1. The van der Waals surface area contributed by atoms with Crippen LogP contribution in [0, 0.1) is 0 Å². The van der Waals surface area contributed by atoms with Crippen LogP contribution in [0.5, 0.6) is 0 Å². The van der Waals surface area contributed by atoms with Gasteiger partial charge in [0, 0.05) is 37.7 Å². The lowest BCUT2D eigenvalue weighted by Crippen LogP contribution is -2.47. The molecule has 0 bridgehead atoms. The van der Waals surface area contributed by atoms with Crippen molar-refractivity contribution < 1.29 is 6.22 Å². The van der Waals surface area contributed by atoms with Gasteiger partial charge in [-0.1, -0.05) is 18.2 Å². The fraction of sp³-hybridized carbons (Fsp3) is 0.400. The van der Waals surface area contributed by atoms with Crippen LogP contribution in [-0.4, -0.2) is 48.8 Å². The monoisotopic (exact) mass is 434 g/mol. The van der Waals surface area contributed by atoms with E-state index < -0.39 is 0 Å². The van der Waals surface area contributed by atoms with E-state index in [2.05, 4.69) is 40.1 Å². The van der Waals surface area contributed by atoms with Gasteiger partial charge in [0.05, 0.1) is 5.69 Å². The van der Waals surface area contributed by atoms with Crippen LogP contribution in [0.2, 0.25) is 0 Å². The number of benzene rings is 2. The van der Waals surface area contributed by atoms with Crippen LogP contribution in [0.3, 0.4) is 0 Å². The van der Waals surface area contributed by atoms with E-state index in [0.717, 1.165) is 49.5 Å². The smallest absolute Gasteiger partial charge is 0.223 e. The zero-order valence-corrected chi connectivity index (χ0v) is 19.1. The summed E-state index contributed by atoms with van der Waals surface area (Å²) < 4.78 is 0. The molecule has 1 spiro atoms. The third-order valence-electron chi connectivity index (χ3n) is 6.62. The second-order valence-corrected chi connectivity index (χ2v) is 8.97. The SMILES string of the molecule is CC(=O)N1CC2(CCN(C(C)C)CC2)c2cc(NC(N)=NC=Nc3ccccc3)ccc21.[HH]. The number of nitrogens with one attached hydrogen (secondary N) is 1. The molecular formula is C25H34N6O. The molecule has 0 aliphatic carbocycles. The Balaban J connectivity index is 0.00000306. The number of hydrogen-bond acceptors (Lipinski definition) is 3. The van der Waals surface area contributed by atoms with Crippen molar-refractivity contribution in [2.45, 2.75) is 45.1 Å². The number of aliphatic imine (C=N–C) groups is 2. The predicted octanol–water partition coefficient (Wildman–Crippen LogP) is 4.13. The van der Waals surface area contributed by atoms with E-state index in [0.29, 0.717) is 6.04 Å². The van der Waals surface area contributed by atoms with E-state index in [1.807, 2.05) is 47.4 Å². The minimum absolute atomic E-state index is 0. The Morgan fingerprint density at radius 3 is 2.56 bits per heavy atom. The molecule has 0 atom stereocenters. The molecule has 2 aliphatic rings. The number of guanidine groups is 1. The molecule has 1 saturated heterocycles. The molecule has 7 heteroatoms. The number of nitrogens with two attached hydrogens (primary N) is 1. The summed E-state index contributed by atoms with van der Waals surface area (Å²) >= 11 is 0. The maximum Gasteiger partial charge on any atom is 0.223 e. The van der Waals surface area contributed by atoms with Crippen LogP contribution in [-0.2, 0) is 10.2 Å². The van der Waals surface area contributed by atoms with E-state index in [1.165, 1.54) is 11.9 Å². The minimum atomic E-state index is -0.00917. The maximum atomic E-state index is 12.4. The van der Waals surface area contributed by atoms with Crippen LogP contribution in [0.4, 0.5) is 17.1 Å². The van der Waals surface area contributed by atoms with E-state index in [9.17, 15) is 4.79 Å². The molecule has 0 aromatic heterocycles. The summed E-state index contributed by atoms with van der Waals surface area (Å²) in [4.78, 5) is 25.3. The van der Waals surface area contributed by atoms with Crippen molar-refractivity contribution in [3.8, 4) is 0 Å². The van der Waals surface area contributed by atoms with Gasteiger partial charge in [0.1, 0.15) is 6.34 Å². The highest BCUT2D eigenvalue weighted by molar-refractivity contribution is 5.98. The van der Waals surface area contributed by atoms with Gasteiger partial charge in [-0.2, -0.15) is 0 Å². The highest BCUT2D eigenvalue weighted by Crippen LogP contribution is 2.48. The zero-order chi connectivity index (χ0) is 22.7. The van der Waals surface area contributed by atoms with Gasteiger partial charge in [-0.15, -0.1) is 0 Å². The predicted molar refractivity (Wildman–Crippen MR) is 134 cm³/mol. The molecule has 3 N–H and O–H groups in total. The molecule has 4 rings (SSSR count). The number of piperidine rings is 1. The number of carbonyl (C=O) groups excluding carboxylic acids is 1. The molecule has 0 saturated carbocycles. The van der Waals surface area contributed by atoms with Crippen molar-refractivity contribution in [2.75, 3.05) is 29.9 Å². The van der Waals surface area contributed by atoms with Crippen molar-refractivity contribution in [2.24, 2.45) is 15.7 Å². The van der Waals surface area contributed by atoms with Crippen LogP contribution < -0.4 is 16.0 Å². The van der Waals surface area contributed by atoms with E-state index in [-0.39, 0.29) is 18.7 Å². The summed E-state index contributed by atoms with van der Waals surface area (Å²) in [6, 6.07) is 16.3. The average molecular weight is 435 g/mol. The molecule has 2 aromatic carbocycles. The standard InChI is InChI=1S/C25H32N6O.H2/c1-18(2)30-13-11-25(12-14-30)16-31(19(3)32)23-10-9-21(15-22(23)25)29-24(26)28-17-27-20-7-5-4-6-8-20;/h4-10,15,17-18H,11-14,16H2,1-3H3,(H3,26,27,28,29);1H. The number of rotatable bonds is 4. The number of fused-ring (bicyclic) bond motifs is 2. The van der Waals surface area contributed by atoms with Crippen molar-refractivity contribution in [3.05, 3.63) is 54.1 Å². The summed E-state index contributed by atoms with van der Waals surface area (Å²) in [6.07, 6.45) is 3.53. The summed E-state index contributed by atoms with van der Waals surface area (Å²) in [7, 11) is 0. The molecule has 2 aliphatic heterocycles. The fourth-order valence-electron chi connectivity index (χ4n) is 4.78. The maximum absolute atomic E-state index is 12.4. The Hall–Kier alpha value is -3.19. The van der Waals surface area contributed by atoms with Gasteiger partial charge < -0.3 is 20.9 Å². The molecule has 2 heterocycles. The van der Waals surface area contributed by atoms with Gasteiger partial charge in [0.2, 0.25) is 5.91 Å². The first-order valence-electron chi connectivity index (χ1n) is 11.2. The zero-order valence-electron chi connectivity index (χ0n) is 19.1. The van der Waals surface area contributed by atoms with Gasteiger partial charge in [0.25, 0.3) is 0 Å². The number of nitrogens with zero attached hydrogens (tertiary/aromatic N) is 4. The third-order valence-corrected chi connectivity index (χ3v) is 6.62. The first-order chi connectivity index (χ1) is 15.4. The first kappa shape index (κ1) is 22.0. The molecule has 2 aromatic rings. The van der Waals surface area contributed by atoms with Crippen molar-refractivity contribution in [1.29, 1.82) is 0 Å². The quantitative estimate of drug-likeness (QED) is 0.560. The number of carbonyl (C=O) groups is 1. The van der Waals surface area contributed by atoms with Crippen LogP contribution in [0.25, 0.3) is 0 Å². The van der Waals surface area contributed by atoms with E-state index >= 15 is 0 Å². The Morgan fingerprint density at radius 1 is 1.19 bits per heavy atom. The molecule has 170 valence electrons. The normalized spacial score (nSPS) is 18.5. The number of anilines is 2. The Bertz CT molecular complexity index is 1030. The molecule has 0 radical (unpaired) electrons. The Labute approximate surface area is 191 Å². The second kappa shape index (κ2) is 9.12. The molecular weight excluding hydrogens is 400 g/mol. The number of hydrogen-bond donors (Lipinski definition) is 2. The van der Waals surface area contributed by atoms with E-state index in [4.69, 9.17) is 5.73 Å². The van der Waals surface area contributed by atoms with Crippen molar-refractivity contribution >= 4 is 35.3 Å². The average Bonchev–Trinajstić information content (AvgIpc) is 3.08. The Morgan fingerprint density at radius 2 is 1.91 bits per heavy atom. The second-order valence-electron chi connectivity index (χ2n) is 8.97. The largest absolute Gasteiger partial charge is 0.369 e. The number of amides is 1. The van der Waals surface area contributed by atoms with Crippen molar-refractivity contribution in [1.82, 2.24) is 4.90 Å². The number of para-hydroxylation sites is 1. The van der Waals surface area contributed by atoms with Crippen LogP contribution >= 0.6 is 0 Å². The van der Waals surface area contributed by atoms with Gasteiger partial charge in [0.15, 0.2) is 5.96 Å². The molecule has 1 amide bonds. The highest BCUT2D eigenvalue weighted by Gasteiger charge is 2.46. The van der Waals surface area contributed by atoms with Gasteiger partial charge in [-0.05, 0) is 75.7 Å². The topological polar surface area (TPSA) is 86.3 Å². The Kier molecular flexibility index (Phi) is 6.28. The lowest BCUT2D eigenvalue weighted by Gasteiger charge is -2.41. The van der Waals surface area contributed by atoms with Crippen molar-refractivity contribution in [3.63, 3.8) is 0 Å². The summed E-state index contributed by atoms with van der Waals surface area (Å²) in [5.74, 6) is 0.364. The molecule has 7 nitrogen and oxygen atoms in total. The highest BCUT2D eigenvalue weighted by atomic mass is 16.2. The molecule has 1 fully saturated rings. The third kappa shape index (κ3) is 4.53. The summed E-state index contributed by atoms with van der Waals surface area (Å²) in [5, 5.41) is 3.17. The molecule has 32 heavy (non-hydrogen) atoms. The van der Waals surface area contributed by atoms with E-state index in [1.54, 1.807) is 6.92 Å². The van der Waals surface area contributed by atoms with Crippen LogP contribution in [0.1, 0.15) is 40.6 Å². The van der Waals surface area contributed by atoms with Gasteiger partial charge in [-0.25, -0.2) is 9.98 Å². The molecule has 0 unspecified atom stereocenters. The lowest BCUT2D eigenvalue weighted by molar-refractivity contribution is -0.116. The minimum Gasteiger partial charge on any atom is -0.369 e. The first-order valence-corrected chi connectivity index (χ1v) is 11.2.